The van der Waals surface area contributed by atoms with Crippen molar-refractivity contribution in [1.29, 1.82) is 0 Å². The van der Waals surface area contributed by atoms with Gasteiger partial charge in [-0.2, -0.15) is 0 Å². The van der Waals surface area contributed by atoms with Crippen molar-refractivity contribution < 1.29 is 8.56 Å². The fraction of sp³-hybridized carbons (Fsp3) is 0.317. The Kier molecular flexibility index (Phi) is 14.7. The fourth-order valence-corrected chi connectivity index (χ4v) is 13.6. The number of aryl methyl sites for hydroxylation is 7. The van der Waals surface area contributed by atoms with E-state index in [-0.39, 0.29) is 29.5 Å². The van der Waals surface area contributed by atoms with Gasteiger partial charge in [0.05, 0.1) is 0 Å². The third-order valence-corrected chi connectivity index (χ3v) is 16.1. The maximum atomic E-state index is 16.3. The molecule has 3 heteroatoms. The van der Waals surface area contributed by atoms with Crippen LogP contribution in [-0.2, 0) is 9.36 Å². The molecule has 0 aliphatic heterocycles. The van der Waals surface area contributed by atoms with Crippen molar-refractivity contribution in [3.8, 4) is 44.5 Å². The minimum absolute atomic E-state index is 0.0768. The molecule has 66 heavy (non-hydrogen) atoms. The number of fused-ring (bicyclic) bond motifs is 3. The summed E-state index contributed by atoms with van der Waals surface area (Å²) in [5.74, 6) is 0.746. The summed E-state index contributed by atoms with van der Waals surface area (Å²) in [5, 5.41) is 0. The van der Waals surface area contributed by atoms with E-state index in [1.54, 1.807) is 0 Å². The molecule has 338 valence electrons. The van der Waals surface area contributed by atoms with E-state index in [1.165, 1.54) is 87.8 Å². The maximum absolute atomic E-state index is 16.3. The largest absolute Gasteiger partial charge is 0.0622 e. The van der Waals surface area contributed by atoms with Crippen molar-refractivity contribution in [2.24, 2.45) is 5.92 Å². The molecule has 0 spiro atoms. The van der Waals surface area contributed by atoms with E-state index in [4.69, 9.17) is 3.76 Å². The van der Waals surface area contributed by atoms with E-state index < -0.39 is 21.4 Å². The Morgan fingerprint density at radius 1 is 0.409 bits per heavy atom. The summed E-state index contributed by atoms with van der Waals surface area (Å²) in [6, 6.07) is 46.1. The van der Waals surface area contributed by atoms with Crippen molar-refractivity contribution in [3.05, 3.63) is 194 Å². The number of rotatable bonds is 10. The molecule has 0 unspecified atom stereocenters. The summed E-state index contributed by atoms with van der Waals surface area (Å²) in [7, 11) is 0. The summed E-state index contributed by atoms with van der Waals surface area (Å²) in [4.78, 5) is 16.3. The van der Waals surface area contributed by atoms with Gasteiger partial charge in [0.15, 0.2) is 0 Å². The van der Waals surface area contributed by atoms with E-state index in [1.807, 2.05) is 18.2 Å². The molecule has 1 atom stereocenters. The Bertz CT molecular complexity index is 2760. The summed E-state index contributed by atoms with van der Waals surface area (Å²) in [6.07, 6.45) is 0. The second-order valence-corrected chi connectivity index (χ2v) is 22.0. The van der Waals surface area contributed by atoms with Crippen LogP contribution in [0.5, 0.6) is 0 Å². The minimum Gasteiger partial charge on any atom is -0.0622 e. The van der Waals surface area contributed by atoms with Crippen LogP contribution >= 0.6 is 0 Å². The topological polar surface area (TPSA) is 26.3 Å². The number of Topliss-reactive ketones (excluding diaryl/α,β-unsaturated/α-hetero) is 1. The van der Waals surface area contributed by atoms with E-state index in [0.29, 0.717) is 0 Å². The first-order valence-electron chi connectivity index (χ1n) is 24.1. The van der Waals surface area contributed by atoms with Crippen molar-refractivity contribution in [2.45, 2.75) is 127 Å². The zero-order valence-corrected chi connectivity index (χ0v) is 44.3. The molecule has 2 radical (unpaired) electrons. The molecule has 7 aromatic rings. The molecule has 0 aromatic heterocycles. The minimum atomic E-state index is -1.44. The zero-order chi connectivity index (χ0) is 47.8. The van der Waals surface area contributed by atoms with Crippen molar-refractivity contribution in [2.75, 3.05) is 0 Å². The molecule has 1 aliphatic rings. The maximum Gasteiger partial charge on any atom is -0.0398 e. The number of benzene rings is 7. The van der Waals surface area contributed by atoms with Crippen LogP contribution in [0.1, 0.15) is 145 Å². The van der Waals surface area contributed by atoms with E-state index in [9.17, 15) is 0 Å². The third kappa shape index (κ3) is 9.09. The Morgan fingerprint density at radius 2 is 0.803 bits per heavy atom. The van der Waals surface area contributed by atoms with Gasteiger partial charge in [0, 0.05) is 0 Å². The number of carbonyl (C=O) groups excluding carboxylic acids is 1. The van der Waals surface area contributed by atoms with Crippen LogP contribution in [0, 0.1) is 54.4 Å². The number of ketones is 1. The van der Waals surface area contributed by atoms with Crippen LogP contribution in [0.4, 0.5) is 0 Å². The van der Waals surface area contributed by atoms with Gasteiger partial charge in [-0.3, -0.25) is 0 Å². The molecule has 0 N–H and O–H groups in total. The zero-order valence-electron chi connectivity index (χ0n) is 42.3. The molecule has 0 amide bonds. The Labute approximate surface area is 404 Å². The molecule has 0 bridgehead atoms. The SMILES string of the molecule is Cc1cc(C)c(-c2cccc(-c3c(C)cc(C)cc3C)[c]2[Ge][O][C@]2(C(C)C)C(=O)c3c(-c4c(C(C)C)cccc4C(C)C)cccc3-c3c(C(C)C)cccc32)c(C)c1.Cc1ccccc1. The van der Waals surface area contributed by atoms with Gasteiger partial charge in [0.25, 0.3) is 0 Å². The first kappa shape index (κ1) is 48.6. The van der Waals surface area contributed by atoms with Crippen LogP contribution in [0.15, 0.2) is 127 Å². The average molecular weight is 932 g/mol. The van der Waals surface area contributed by atoms with Gasteiger partial charge in [-0.05, 0) is 6.92 Å². The van der Waals surface area contributed by atoms with Crippen LogP contribution < -0.4 is 4.40 Å². The first-order chi connectivity index (χ1) is 31.4. The molecular formula is C63H70GeO2. The molecule has 0 fully saturated rings. The monoisotopic (exact) mass is 932 g/mol. The predicted octanol–water partition coefficient (Wildman–Crippen LogP) is 16.6. The van der Waals surface area contributed by atoms with Crippen molar-refractivity contribution in [3.63, 3.8) is 0 Å². The summed E-state index contributed by atoms with van der Waals surface area (Å²) in [6.45, 7) is 33.4. The Morgan fingerprint density at radius 3 is 1.21 bits per heavy atom. The molecule has 8 rings (SSSR count). The molecule has 1 aliphatic carbocycles. The van der Waals surface area contributed by atoms with Gasteiger partial charge < -0.3 is 0 Å². The first-order valence-corrected chi connectivity index (χ1v) is 26.0. The summed E-state index contributed by atoms with van der Waals surface area (Å²) in [5.41, 5.74) is 22.6. The second kappa shape index (κ2) is 19.9. The van der Waals surface area contributed by atoms with Gasteiger partial charge in [0.2, 0.25) is 0 Å². The number of hydrogen-bond donors (Lipinski definition) is 0. The van der Waals surface area contributed by atoms with Crippen LogP contribution in [0.3, 0.4) is 0 Å². The molecule has 0 saturated carbocycles. The molecule has 7 aromatic carbocycles. The standard InChI is InChI=1S/C56H62GeO2.C7H8/c1-31(2)41-19-15-20-42(32(3)4)51(41)44-22-16-23-45-52-43(33(5)6)21-18-26-48(52)56(34(7)8,55(58)53(44)45)59-57-54-46(49-37(11)27-35(9)28-38(49)12)24-17-25-47(54)50-39(13)29-36(10)30-40(50)14;1-7-5-3-2-4-6-7/h15-34H,1-14H3;2-6H,1H3/t56-;/m0./s1. The fourth-order valence-electron chi connectivity index (χ4n) is 10.8. The molecule has 2 nitrogen and oxygen atoms in total. The molecule has 0 heterocycles. The smallest absolute Gasteiger partial charge is 0.0398 e. The number of carbonyl (C=O) groups is 1. The van der Waals surface area contributed by atoms with Crippen LogP contribution in [-0.4, -0.2) is 21.6 Å². The summed E-state index contributed by atoms with van der Waals surface area (Å²) >= 11 is -1.44. The van der Waals surface area contributed by atoms with E-state index in [2.05, 4.69) is 213 Å². The van der Waals surface area contributed by atoms with Gasteiger partial charge in [-0.25, -0.2) is 0 Å². The molecule has 0 saturated heterocycles. The quantitative estimate of drug-likeness (QED) is 0.128. The van der Waals surface area contributed by atoms with Gasteiger partial charge in [-0.1, -0.05) is 35.9 Å². The number of hydrogen-bond acceptors (Lipinski definition) is 2. The normalized spacial score (nSPS) is 14.4. The van der Waals surface area contributed by atoms with Crippen molar-refractivity contribution in [1.82, 2.24) is 0 Å². The van der Waals surface area contributed by atoms with Gasteiger partial charge in [0.1, 0.15) is 0 Å². The summed E-state index contributed by atoms with van der Waals surface area (Å²) < 4.78 is 9.04. The van der Waals surface area contributed by atoms with Gasteiger partial charge in [-0.15, -0.1) is 0 Å². The molecular weight excluding hydrogens is 861 g/mol. The average Bonchev–Trinajstić information content (AvgIpc) is 3.25. The predicted molar refractivity (Wildman–Crippen MR) is 284 cm³/mol. The Hall–Kier alpha value is -5.29. The van der Waals surface area contributed by atoms with E-state index >= 15 is 4.79 Å². The second-order valence-electron chi connectivity index (χ2n) is 20.1. The van der Waals surface area contributed by atoms with E-state index in [0.717, 1.165) is 27.8 Å². The Balaban J connectivity index is 0.000000846. The van der Waals surface area contributed by atoms with Crippen LogP contribution in [0.2, 0.25) is 0 Å². The van der Waals surface area contributed by atoms with Crippen molar-refractivity contribution >= 4 is 25.9 Å². The van der Waals surface area contributed by atoms with Gasteiger partial charge >= 0.3 is 363 Å². The third-order valence-electron chi connectivity index (χ3n) is 13.7. The van der Waals surface area contributed by atoms with Crippen LogP contribution in [0.25, 0.3) is 44.5 Å².